The molecular weight excluding hydrogens is 200 g/mol. The summed E-state index contributed by atoms with van der Waals surface area (Å²) >= 11 is 0. The van der Waals surface area contributed by atoms with Crippen LogP contribution in [0.3, 0.4) is 0 Å². The molecule has 2 fully saturated rings. The molecule has 2 N–H and O–H groups in total. The van der Waals surface area contributed by atoms with Crippen LogP contribution in [-0.4, -0.2) is 42.8 Å². The molecule has 1 atom stereocenters. The van der Waals surface area contributed by atoms with Gasteiger partial charge < -0.3 is 10.5 Å². The van der Waals surface area contributed by atoms with Gasteiger partial charge in [0.15, 0.2) is 0 Å². The van der Waals surface area contributed by atoms with Crippen LogP contribution < -0.4 is 5.73 Å². The van der Waals surface area contributed by atoms with Crippen molar-refractivity contribution in [1.82, 2.24) is 4.90 Å². The molecule has 0 radical (unpaired) electrons. The van der Waals surface area contributed by atoms with E-state index in [0.717, 1.165) is 12.6 Å². The number of likely N-dealkylation sites (tertiary alicyclic amines) is 1. The summed E-state index contributed by atoms with van der Waals surface area (Å²) in [4.78, 5) is 2.68. The van der Waals surface area contributed by atoms with Crippen molar-refractivity contribution in [1.29, 1.82) is 0 Å². The number of methoxy groups -OCH3 is 1. The topological polar surface area (TPSA) is 38.5 Å². The molecule has 1 saturated carbocycles. The fourth-order valence-electron chi connectivity index (χ4n) is 3.61. The molecule has 3 heteroatoms. The van der Waals surface area contributed by atoms with Gasteiger partial charge in [0.05, 0.1) is 6.10 Å². The maximum absolute atomic E-state index is 6.08. The Morgan fingerprint density at radius 2 is 2.00 bits per heavy atom. The fourth-order valence-corrected chi connectivity index (χ4v) is 3.61. The van der Waals surface area contributed by atoms with Gasteiger partial charge in [-0.05, 0) is 52.0 Å². The van der Waals surface area contributed by atoms with Crippen molar-refractivity contribution in [2.24, 2.45) is 5.73 Å². The van der Waals surface area contributed by atoms with Gasteiger partial charge in [0.1, 0.15) is 0 Å². The van der Waals surface area contributed by atoms with Gasteiger partial charge in [-0.15, -0.1) is 0 Å². The van der Waals surface area contributed by atoms with E-state index >= 15 is 0 Å². The number of hydrogen-bond donors (Lipinski definition) is 1. The predicted octanol–water partition coefficient (Wildman–Crippen LogP) is 1.76. The molecule has 1 unspecified atom stereocenters. The van der Waals surface area contributed by atoms with Crippen LogP contribution in [0.2, 0.25) is 0 Å². The van der Waals surface area contributed by atoms with E-state index in [9.17, 15) is 0 Å². The number of nitrogens with two attached hydrogens (primary N) is 1. The lowest BCUT2D eigenvalue weighted by atomic mass is 9.78. The summed E-state index contributed by atoms with van der Waals surface area (Å²) in [5.74, 6) is 0. The lowest BCUT2D eigenvalue weighted by Gasteiger charge is -2.47. The van der Waals surface area contributed by atoms with Crippen molar-refractivity contribution in [2.45, 2.75) is 63.1 Å². The molecule has 0 spiro atoms. The summed E-state index contributed by atoms with van der Waals surface area (Å²) < 4.78 is 5.46. The van der Waals surface area contributed by atoms with E-state index in [-0.39, 0.29) is 5.54 Å². The Morgan fingerprint density at radius 3 is 2.44 bits per heavy atom. The molecule has 0 aromatic carbocycles. The Morgan fingerprint density at radius 1 is 1.31 bits per heavy atom. The molecular formula is C13H26N2O. The molecule has 94 valence electrons. The summed E-state index contributed by atoms with van der Waals surface area (Å²) in [6.07, 6.45) is 7.94. The summed E-state index contributed by atoms with van der Waals surface area (Å²) in [7, 11) is 1.83. The van der Waals surface area contributed by atoms with E-state index < -0.39 is 0 Å². The zero-order valence-electron chi connectivity index (χ0n) is 10.7. The predicted molar refractivity (Wildman–Crippen MR) is 66.5 cm³/mol. The molecule has 0 bridgehead atoms. The molecule has 3 nitrogen and oxygen atoms in total. The molecule has 0 amide bonds. The zero-order valence-corrected chi connectivity index (χ0v) is 10.7. The second-order valence-electron chi connectivity index (χ2n) is 5.55. The number of nitrogens with zero attached hydrogens (tertiary/aromatic N) is 1. The molecule has 2 rings (SSSR count). The molecule has 1 saturated heterocycles. The van der Waals surface area contributed by atoms with E-state index in [0.29, 0.717) is 6.10 Å². The normalized spacial score (nSPS) is 41.4. The largest absolute Gasteiger partial charge is 0.381 e. The van der Waals surface area contributed by atoms with Gasteiger partial charge in [-0.25, -0.2) is 0 Å². The highest BCUT2D eigenvalue weighted by Gasteiger charge is 2.42. The third-order valence-corrected chi connectivity index (χ3v) is 4.74. The fraction of sp³-hybridized carbons (Fsp3) is 1.00. The van der Waals surface area contributed by atoms with Gasteiger partial charge in [0.25, 0.3) is 0 Å². The van der Waals surface area contributed by atoms with E-state index in [4.69, 9.17) is 10.5 Å². The lowest BCUT2D eigenvalue weighted by Crippen LogP contribution is -2.57. The van der Waals surface area contributed by atoms with Crippen LogP contribution in [0.25, 0.3) is 0 Å². The Bertz CT molecular complexity index is 224. The van der Waals surface area contributed by atoms with Crippen LogP contribution in [0.1, 0.15) is 45.4 Å². The molecule has 16 heavy (non-hydrogen) atoms. The minimum absolute atomic E-state index is 0.283. The van der Waals surface area contributed by atoms with Crippen molar-refractivity contribution >= 4 is 0 Å². The molecule has 0 aromatic heterocycles. The summed E-state index contributed by atoms with van der Waals surface area (Å²) in [6.45, 7) is 4.41. The summed E-state index contributed by atoms with van der Waals surface area (Å²) in [5, 5.41) is 0. The Kier molecular flexibility index (Phi) is 3.88. The Balaban J connectivity index is 2.03. The highest BCUT2D eigenvalue weighted by molar-refractivity contribution is 4.99. The Hall–Kier alpha value is -0.120. The first-order valence-corrected chi connectivity index (χ1v) is 6.71. The third-order valence-electron chi connectivity index (χ3n) is 4.74. The van der Waals surface area contributed by atoms with Gasteiger partial charge in [0.2, 0.25) is 0 Å². The second kappa shape index (κ2) is 5.03. The van der Waals surface area contributed by atoms with Crippen molar-refractivity contribution in [3.63, 3.8) is 0 Å². The molecule has 1 heterocycles. The third kappa shape index (κ3) is 2.13. The summed E-state index contributed by atoms with van der Waals surface area (Å²) in [5.41, 5.74) is 6.37. The quantitative estimate of drug-likeness (QED) is 0.797. The van der Waals surface area contributed by atoms with Gasteiger partial charge in [-0.3, -0.25) is 4.90 Å². The van der Waals surface area contributed by atoms with Gasteiger partial charge in [-0.1, -0.05) is 0 Å². The van der Waals surface area contributed by atoms with E-state index in [2.05, 4.69) is 11.8 Å². The first-order chi connectivity index (χ1) is 7.72. The number of hydrogen-bond acceptors (Lipinski definition) is 3. The van der Waals surface area contributed by atoms with Crippen LogP contribution in [0.15, 0.2) is 0 Å². The van der Waals surface area contributed by atoms with E-state index in [1.165, 1.54) is 45.1 Å². The highest BCUT2D eigenvalue weighted by Crippen LogP contribution is 2.38. The van der Waals surface area contributed by atoms with E-state index in [1.54, 1.807) is 0 Å². The van der Waals surface area contributed by atoms with Crippen molar-refractivity contribution < 1.29 is 4.74 Å². The number of ether oxygens (including phenoxy) is 1. The standard InChI is InChI=1S/C13H26N2O/c1-11-4-3-9-15(11)13(10-14)7-5-12(16-2)6-8-13/h11-12H,3-10,14H2,1-2H3. The lowest BCUT2D eigenvalue weighted by molar-refractivity contribution is -0.00986. The molecule has 1 aliphatic heterocycles. The maximum atomic E-state index is 6.08. The van der Waals surface area contributed by atoms with Crippen LogP contribution in [0, 0.1) is 0 Å². The van der Waals surface area contributed by atoms with Crippen LogP contribution in [0.5, 0.6) is 0 Å². The van der Waals surface area contributed by atoms with Gasteiger partial charge >= 0.3 is 0 Å². The number of rotatable bonds is 3. The minimum Gasteiger partial charge on any atom is -0.381 e. The minimum atomic E-state index is 0.283. The average Bonchev–Trinajstić information content (AvgIpc) is 2.76. The highest BCUT2D eigenvalue weighted by atomic mass is 16.5. The van der Waals surface area contributed by atoms with Crippen LogP contribution in [-0.2, 0) is 4.74 Å². The van der Waals surface area contributed by atoms with Crippen LogP contribution in [0.4, 0.5) is 0 Å². The van der Waals surface area contributed by atoms with Crippen molar-refractivity contribution in [3.05, 3.63) is 0 Å². The van der Waals surface area contributed by atoms with E-state index in [1.807, 2.05) is 7.11 Å². The monoisotopic (exact) mass is 226 g/mol. The second-order valence-corrected chi connectivity index (χ2v) is 5.55. The molecule has 1 aliphatic carbocycles. The van der Waals surface area contributed by atoms with Crippen molar-refractivity contribution in [3.8, 4) is 0 Å². The average molecular weight is 226 g/mol. The van der Waals surface area contributed by atoms with Crippen molar-refractivity contribution in [2.75, 3.05) is 20.2 Å². The van der Waals surface area contributed by atoms with Crippen LogP contribution >= 0.6 is 0 Å². The first kappa shape index (κ1) is 12.3. The van der Waals surface area contributed by atoms with Gasteiger partial charge in [0, 0.05) is 25.2 Å². The van der Waals surface area contributed by atoms with Gasteiger partial charge in [-0.2, -0.15) is 0 Å². The maximum Gasteiger partial charge on any atom is 0.0572 e. The SMILES string of the molecule is COC1CCC(CN)(N2CCCC2C)CC1. The Labute approximate surface area is 99.3 Å². The first-order valence-electron chi connectivity index (χ1n) is 6.71. The zero-order chi connectivity index (χ0) is 11.6. The molecule has 2 aliphatic rings. The molecule has 0 aromatic rings. The summed E-state index contributed by atoms with van der Waals surface area (Å²) in [6, 6.07) is 0.725. The smallest absolute Gasteiger partial charge is 0.0572 e.